The number of benzene rings is 2. The summed E-state index contributed by atoms with van der Waals surface area (Å²) in [5.41, 5.74) is 2.79. The zero-order chi connectivity index (χ0) is 17.0. The Bertz CT molecular complexity index is 730. The topological polar surface area (TPSA) is 53.8 Å². The number of amidine groups is 1. The Hall–Kier alpha value is -1.88. The molecule has 0 amide bonds. The van der Waals surface area contributed by atoms with E-state index in [1.807, 2.05) is 36.4 Å². The quantitative estimate of drug-likeness (QED) is 0.792. The molecule has 0 fully saturated rings. The highest BCUT2D eigenvalue weighted by molar-refractivity contribution is 6.30. The maximum atomic E-state index is 9.00. The molecule has 1 atom stereocenters. The van der Waals surface area contributed by atoms with Gasteiger partial charge in [0.1, 0.15) is 11.4 Å². The van der Waals surface area contributed by atoms with Crippen molar-refractivity contribution in [1.82, 2.24) is 5.32 Å². The predicted molar refractivity (Wildman–Crippen MR) is 96.8 cm³/mol. The lowest BCUT2D eigenvalue weighted by Gasteiger charge is -2.31. The SMILES string of the molecule is COCC1(c2ccc(Cl)cc2)NC(=NCCCO)c2ccccc21. The molecule has 1 aliphatic rings. The van der Waals surface area contributed by atoms with E-state index < -0.39 is 5.54 Å². The first kappa shape index (κ1) is 17.0. The fraction of sp³-hybridized carbons (Fsp3) is 0.316. The van der Waals surface area contributed by atoms with Crippen LogP contribution in [0.5, 0.6) is 0 Å². The average molecular weight is 345 g/mol. The van der Waals surface area contributed by atoms with Crippen molar-refractivity contribution in [3.63, 3.8) is 0 Å². The molecular formula is C19H21ClN2O2. The van der Waals surface area contributed by atoms with Gasteiger partial charge in [-0.1, -0.05) is 48.0 Å². The minimum Gasteiger partial charge on any atom is -0.396 e. The number of aliphatic hydroxyl groups is 1. The fourth-order valence-corrected chi connectivity index (χ4v) is 3.29. The zero-order valence-corrected chi connectivity index (χ0v) is 14.4. The number of methoxy groups -OCH3 is 1. The summed E-state index contributed by atoms with van der Waals surface area (Å²) in [5, 5.41) is 13.3. The number of hydrogen-bond donors (Lipinski definition) is 2. The Morgan fingerprint density at radius 2 is 1.92 bits per heavy atom. The lowest BCUT2D eigenvalue weighted by atomic mass is 9.84. The molecule has 0 saturated carbocycles. The van der Waals surface area contributed by atoms with Crippen LogP contribution in [0.3, 0.4) is 0 Å². The van der Waals surface area contributed by atoms with E-state index in [4.69, 9.17) is 21.4 Å². The molecule has 5 heteroatoms. The summed E-state index contributed by atoms with van der Waals surface area (Å²) in [7, 11) is 1.70. The molecule has 0 radical (unpaired) electrons. The van der Waals surface area contributed by atoms with E-state index in [1.165, 1.54) is 0 Å². The van der Waals surface area contributed by atoms with Gasteiger partial charge >= 0.3 is 0 Å². The van der Waals surface area contributed by atoms with Crippen molar-refractivity contribution in [2.75, 3.05) is 26.9 Å². The van der Waals surface area contributed by atoms with Crippen LogP contribution >= 0.6 is 11.6 Å². The van der Waals surface area contributed by atoms with Crippen LogP contribution in [0.1, 0.15) is 23.1 Å². The first-order chi connectivity index (χ1) is 11.7. The Morgan fingerprint density at radius 1 is 1.17 bits per heavy atom. The van der Waals surface area contributed by atoms with E-state index in [0.717, 1.165) is 22.5 Å². The summed E-state index contributed by atoms with van der Waals surface area (Å²) in [6, 6.07) is 16.0. The maximum absolute atomic E-state index is 9.00. The van der Waals surface area contributed by atoms with Crippen molar-refractivity contribution < 1.29 is 9.84 Å². The highest BCUT2D eigenvalue weighted by atomic mass is 35.5. The predicted octanol–water partition coefficient (Wildman–Crippen LogP) is 2.96. The fourth-order valence-electron chi connectivity index (χ4n) is 3.16. The number of ether oxygens (including phenoxy) is 1. The normalized spacial score (nSPS) is 20.9. The van der Waals surface area contributed by atoms with Crippen molar-refractivity contribution in [2.24, 2.45) is 4.99 Å². The van der Waals surface area contributed by atoms with Gasteiger partial charge in [-0.15, -0.1) is 0 Å². The van der Waals surface area contributed by atoms with Crippen molar-refractivity contribution in [1.29, 1.82) is 0 Å². The third kappa shape index (κ3) is 3.05. The Morgan fingerprint density at radius 3 is 2.62 bits per heavy atom. The third-order valence-corrected chi connectivity index (χ3v) is 4.51. The molecule has 0 bridgehead atoms. The lowest BCUT2D eigenvalue weighted by molar-refractivity contribution is 0.143. The van der Waals surface area contributed by atoms with Gasteiger partial charge in [-0.25, -0.2) is 0 Å². The molecule has 126 valence electrons. The molecule has 0 spiro atoms. The summed E-state index contributed by atoms with van der Waals surface area (Å²) >= 11 is 6.06. The van der Waals surface area contributed by atoms with Crippen molar-refractivity contribution in [2.45, 2.75) is 12.0 Å². The number of fused-ring (bicyclic) bond motifs is 1. The molecule has 2 aromatic carbocycles. The van der Waals surface area contributed by atoms with Gasteiger partial charge in [0.25, 0.3) is 0 Å². The first-order valence-corrected chi connectivity index (χ1v) is 8.37. The number of rotatable bonds is 6. The second-order valence-corrected chi connectivity index (χ2v) is 6.26. The summed E-state index contributed by atoms with van der Waals surface area (Å²) in [4.78, 5) is 4.64. The minimum absolute atomic E-state index is 0.138. The zero-order valence-electron chi connectivity index (χ0n) is 13.6. The summed E-state index contributed by atoms with van der Waals surface area (Å²) in [6.45, 7) is 1.19. The largest absolute Gasteiger partial charge is 0.396 e. The Balaban J connectivity index is 2.09. The van der Waals surface area contributed by atoms with E-state index in [2.05, 4.69) is 22.4 Å². The van der Waals surface area contributed by atoms with Gasteiger partial charge in [-0.2, -0.15) is 0 Å². The van der Waals surface area contributed by atoms with Crippen LogP contribution in [0.2, 0.25) is 5.02 Å². The molecule has 4 nitrogen and oxygen atoms in total. The Kier molecular flexibility index (Phi) is 5.19. The van der Waals surface area contributed by atoms with E-state index in [0.29, 0.717) is 24.6 Å². The molecule has 24 heavy (non-hydrogen) atoms. The van der Waals surface area contributed by atoms with E-state index in [1.54, 1.807) is 7.11 Å². The van der Waals surface area contributed by atoms with Gasteiger partial charge in [-0.3, -0.25) is 4.99 Å². The van der Waals surface area contributed by atoms with Crippen molar-refractivity contribution in [3.8, 4) is 0 Å². The van der Waals surface area contributed by atoms with Crippen LogP contribution in [0.15, 0.2) is 53.5 Å². The lowest BCUT2D eigenvalue weighted by Crippen LogP contribution is -2.44. The summed E-state index contributed by atoms with van der Waals surface area (Å²) < 4.78 is 5.55. The first-order valence-electron chi connectivity index (χ1n) is 7.99. The van der Waals surface area contributed by atoms with E-state index >= 15 is 0 Å². The molecule has 2 N–H and O–H groups in total. The maximum Gasteiger partial charge on any atom is 0.129 e. The van der Waals surface area contributed by atoms with Gasteiger partial charge in [0.05, 0.1) is 6.61 Å². The van der Waals surface area contributed by atoms with Crippen molar-refractivity contribution in [3.05, 3.63) is 70.2 Å². The van der Waals surface area contributed by atoms with Crippen LogP contribution in [-0.2, 0) is 10.3 Å². The number of nitrogens with zero attached hydrogens (tertiary/aromatic N) is 1. The van der Waals surface area contributed by atoms with Crippen LogP contribution in [0.25, 0.3) is 0 Å². The molecule has 3 rings (SSSR count). The van der Waals surface area contributed by atoms with E-state index in [-0.39, 0.29) is 6.61 Å². The van der Waals surface area contributed by atoms with Crippen LogP contribution in [-0.4, -0.2) is 37.8 Å². The van der Waals surface area contributed by atoms with Crippen molar-refractivity contribution >= 4 is 17.4 Å². The van der Waals surface area contributed by atoms with Gasteiger partial charge in [0.15, 0.2) is 0 Å². The number of aliphatic hydroxyl groups excluding tert-OH is 1. The van der Waals surface area contributed by atoms with Gasteiger partial charge < -0.3 is 15.2 Å². The molecule has 0 aliphatic carbocycles. The number of aliphatic imine (C=N–C) groups is 1. The van der Waals surface area contributed by atoms with Crippen LogP contribution < -0.4 is 5.32 Å². The van der Waals surface area contributed by atoms with Gasteiger partial charge in [0, 0.05) is 30.8 Å². The Labute approximate surface area is 147 Å². The van der Waals surface area contributed by atoms with Crippen LogP contribution in [0, 0.1) is 0 Å². The number of hydrogen-bond acceptors (Lipinski definition) is 3. The molecule has 1 aliphatic heterocycles. The summed E-state index contributed by atoms with van der Waals surface area (Å²) in [5.74, 6) is 0.839. The second kappa shape index (κ2) is 7.34. The molecule has 0 saturated heterocycles. The minimum atomic E-state index is -0.492. The molecule has 1 unspecified atom stereocenters. The molecule has 1 heterocycles. The van der Waals surface area contributed by atoms with E-state index in [9.17, 15) is 0 Å². The molecule has 2 aromatic rings. The molecule has 0 aromatic heterocycles. The van der Waals surface area contributed by atoms with Gasteiger partial charge in [0.2, 0.25) is 0 Å². The highest BCUT2D eigenvalue weighted by Crippen LogP contribution is 2.38. The highest BCUT2D eigenvalue weighted by Gasteiger charge is 2.43. The number of halogens is 1. The molecular weight excluding hydrogens is 324 g/mol. The second-order valence-electron chi connectivity index (χ2n) is 5.82. The average Bonchev–Trinajstić information content (AvgIpc) is 2.91. The van der Waals surface area contributed by atoms with Crippen LogP contribution in [0.4, 0.5) is 0 Å². The number of nitrogens with one attached hydrogen (secondary N) is 1. The standard InChI is InChI=1S/C19H21ClN2O2/c1-24-13-19(14-7-9-15(20)10-8-14)17-6-3-2-5-16(17)18(22-19)21-11-4-12-23/h2-3,5-10,23H,4,11-13H2,1H3,(H,21,22). The smallest absolute Gasteiger partial charge is 0.129 e. The third-order valence-electron chi connectivity index (χ3n) is 4.26. The van der Waals surface area contributed by atoms with Gasteiger partial charge in [-0.05, 0) is 29.7 Å². The summed E-state index contributed by atoms with van der Waals surface area (Å²) in [6.07, 6.45) is 0.644. The monoisotopic (exact) mass is 344 g/mol.